The minimum Gasteiger partial charge on any atom is -0.455 e. The summed E-state index contributed by atoms with van der Waals surface area (Å²) < 4.78 is 9.36. The van der Waals surface area contributed by atoms with Crippen LogP contribution in [0.5, 0.6) is 0 Å². The average molecular weight is 680 g/mol. The maximum atomic E-state index is 6.77. The second kappa shape index (κ2) is 10.3. The van der Waals surface area contributed by atoms with Gasteiger partial charge < -0.3 is 9.32 Å². The lowest BCUT2D eigenvalue weighted by molar-refractivity contribution is 0.669. The third kappa shape index (κ3) is 3.53. The van der Waals surface area contributed by atoms with Gasteiger partial charge in [0.25, 0.3) is 0 Å². The maximum absolute atomic E-state index is 6.77. The molecule has 3 heteroatoms. The van der Waals surface area contributed by atoms with Crippen molar-refractivity contribution in [1.29, 1.82) is 0 Å². The molecular formula is C49H29NOS. The Morgan fingerprint density at radius 2 is 1.13 bits per heavy atom. The quantitative estimate of drug-likeness (QED) is 0.185. The molecule has 52 heavy (non-hydrogen) atoms. The Kier molecular flexibility index (Phi) is 5.62. The van der Waals surface area contributed by atoms with Crippen LogP contribution in [0.1, 0.15) is 22.3 Å². The Bertz CT molecular complexity index is 3100. The van der Waals surface area contributed by atoms with Crippen LogP contribution < -0.4 is 4.90 Å². The summed E-state index contributed by atoms with van der Waals surface area (Å²) in [5, 5.41) is 4.91. The van der Waals surface area contributed by atoms with Crippen molar-refractivity contribution in [2.24, 2.45) is 0 Å². The highest BCUT2D eigenvalue weighted by molar-refractivity contribution is 7.26. The van der Waals surface area contributed by atoms with Gasteiger partial charge in [-0.05, 0) is 81.4 Å². The van der Waals surface area contributed by atoms with Crippen molar-refractivity contribution >= 4 is 70.5 Å². The molecule has 2 aliphatic carbocycles. The molecule has 1 atom stereocenters. The van der Waals surface area contributed by atoms with Gasteiger partial charge in [-0.15, -0.1) is 11.3 Å². The predicted octanol–water partition coefficient (Wildman–Crippen LogP) is 13.8. The van der Waals surface area contributed by atoms with Crippen LogP contribution in [0.4, 0.5) is 17.1 Å². The molecule has 0 amide bonds. The van der Waals surface area contributed by atoms with Crippen LogP contribution >= 0.6 is 11.3 Å². The van der Waals surface area contributed by atoms with E-state index in [0.29, 0.717) is 0 Å². The lowest BCUT2D eigenvalue weighted by Crippen LogP contribution is -2.26. The van der Waals surface area contributed by atoms with Gasteiger partial charge in [0.15, 0.2) is 0 Å². The van der Waals surface area contributed by atoms with Gasteiger partial charge in [0.05, 0.1) is 15.8 Å². The van der Waals surface area contributed by atoms with Gasteiger partial charge in [-0.1, -0.05) is 133 Å². The van der Waals surface area contributed by atoms with E-state index in [0.717, 1.165) is 33.3 Å². The SMILES string of the molecule is c1ccc(N(c2ccc3c(c2)C2(c4ccccc4-3)c3ccccc3-c3c2ccc2c3oc3ccccc32)c2cccc3c2sc2ccccc23)cc1. The zero-order valence-corrected chi connectivity index (χ0v) is 28.8. The number of benzene rings is 8. The number of thiophene rings is 1. The van der Waals surface area contributed by atoms with E-state index in [1.807, 2.05) is 11.3 Å². The fourth-order valence-electron chi connectivity index (χ4n) is 9.44. The van der Waals surface area contributed by atoms with Crippen molar-refractivity contribution in [1.82, 2.24) is 0 Å². The third-order valence-electron chi connectivity index (χ3n) is 11.5. The average Bonchev–Trinajstić information content (AvgIpc) is 3.94. The molecule has 0 N–H and O–H groups in total. The van der Waals surface area contributed by atoms with Gasteiger partial charge in [0.1, 0.15) is 11.2 Å². The molecule has 2 nitrogen and oxygen atoms in total. The van der Waals surface area contributed by atoms with Crippen LogP contribution in [-0.2, 0) is 5.41 Å². The van der Waals surface area contributed by atoms with Crippen molar-refractivity contribution in [2.45, 2.75) is 5.41 Å². The minimum atomic E-state index is -0.507. The second-order valence-corrected chi connectivity index (χ2v) is 15.0. The number of furan rings is 1. The van der Waals surface area contributed by atoms with E-state index in [9.17, 15) is 0 Å². The van der Waals surface area contributed by atoms with Crippen LogP contribution in [-0.4, -0.2) is 0 Å². The Hall–Kier alpha value is -6.42. The van der Waals surface area contributed by atoms with Crippen molar-refractivity contribution in [2.75, 3.05) is 4.90 Å². The van der Waals surface area contributed by atoms with Crippen LogP contribution in [0.15, 0.2) is 180 Å². The number of anilines is 3. The molecule has 1 unspecified atom stereocenters. The first-order valence-electron chi connectivity index (χ1n) is 17.9. The molecular weight excluding hydrogens is 651 g/mol. The first kappa shape index (κ1) is 28.3. The Morgan fingerprint density at radius 3 is 2.02 bits per heavy atom. The monoisotopic (exact) mass is 679 g/mol. The number of fused-ring (bicyclic) bond motifs is 17. The number of para-hydroxylation sites is 2. The van der Waals surface area contributed by atoms with E-state index in [2.05, 4.69) is 181 Å². The lowest BCUT2D eigenvalue weighted by atomic mass is 9.70. The van der Waals surface area contributed by atoms with E-state index in [1.54, 1.807) is 0 Å². The van der Waals surface area contributed by atoms with Gasteiger partial charge in [0, 0.05) is 43.2 Å². The Labute approximate surface area is 304 Å². The minimum absolute atomic E-state index is 0.507. The fraction of sp³-hybridized carbons (Fsp3) is 0.0204. The summed E-state index contributed by atoms with van der Waals surface area (Å²) in [6, 6.07) is 64.6. The fourth-order valence-corrected chi connectivity index (χ4v) is 10.6. The second-order valence-electron chi connectivity index (χ2n) is 14.0. The van der Waals surface area contributed by atoms with Crippen molar-refractivity contribution in [3.8, 4) is 22.3 Å². The smallest absolute Gasteiger partial charge is 0.143 e. The van der Waals surface area contributed by atoms with Gasteiger partial charge in [0.2, 0.25) is 0 Å². The zero-order chi connectivity index (χ0) is 34.0. The van der Waals surface area contributed by atoms with Gasteiger partial charge in [-0.25, -0.2) is 0 Å². The number of hydrogen-bond donors (Lipinski definition) is 0. The first-order valence-corrected chi connectivity index (χ1v) is 18.7. The molecule has 2 heterocycles. The van der Waals surface area contributed by atoms with Crippen molar-refractivity contribution in [3.05, 3.63) is 198 Å². The summed E-state index contributed by atoms with van der Waals surface area (Å²) in [5.74, 6) is 0. The van der Waals surface area contributed by atoms with Crippen LogP contribution in [0.3, 0.4) is 0 Å². The molecule has 0 saturated heterocycles. The predicted molar refractivity (Wildman–Crippen MR) is 218 cm³/mol. The largest absolute Gasteiger partial charge is 0.455 e. The van der Waals surface area contributed by atoms with E-state index >= 15 is 0 Å². The number of nitrogens with zero attached hydrogens (tertiary/aromatic N) is 1. The van der Waals surface area contributed by atoms with E-state index < -0.39 is 5.41 Å². The molecule has 0 saturated carbocycles. The van der Waals surface area contributed by atoms with E-state index in [1.165, 1.54) is 70.4 Å². The molecule has 242 valence electrons. The lowest BCUT2D eigenvalue weighted by Gasteiger charge is -2.32. The van der Waals surface area contributed by atoms with Crippen LogP contribution in [0, 0.1) is 0 Å². The highest BCUT2D eigenvalue weighted by Gasteiger charge is 2.52. The molecule has 0 bridgehead atoms. The van der Waals surface area contributed by atoms with Gasteiger partial charge >= 0.3 is 0 Å². The molecule has 0 aliphatic heterocycles. The molecule has 8 aromatic carbocycles. The van der Waals surface area contributed by atoms with Crippen LogP contribution in [0.2, 0.25) is 0 Å². The van der Waals surface area contributed by atoms with E-state index in [-0.39, 0.29) is 0 Å². The Morgan fingerprint density at radius 1 is 0.442 bits per heavy atom. The standard InChI is InChI=1S/C49H29NOS/c1-2-13-30(14-3-1)50(43-22-12-19-37-35-17-7-11-24-45(35)52-48(37)43)31-25-26-33-32-15-4-8-20-39(32)49(42(33)29-31)40-21-9-5-18-38(40)46-41(49)28-27-36-34-16-6-10-23-44(34)51-47(36)46/h1-29H. The molecule has 0 radical (unpaired) electrons. The van der Waals surface area contributed by atoms with Gasteiger partial charge in [-0.2, -0.15) is 0 Å². The normalized spacial score (nSPS) is 15.4. The molecule has 12 rings (SSSR count). The highest BCUT2D eigenvalue weighted by Crippen LogP contribution is 2.64. The first-order chi connectivity index (χ1) is 25.8. The highest BCUT2D eigenvalue weighted by atomic mass is 32.1. The third-order valence-corrected chi connectivity index (χ3v) is 12.7. The molecule has 2 aliphatic rings. The number of rotatable bonds is 3. The van der Waals surface area contributed by atoms with Crippen molar-refractivity contribution < 1.29 is 4.42 Å². The van der Waals surface area contributed by atoms with Crippen molar-refractivity contribution in [3.63, 3.8) is 0 Å². The summed E-state index contributed by atoms with van der Waals surface area (Å²) in [6.45, 7) is 0. The summed E-state index contributed by atoms with van der Waals surface area (Å²) in [5.41, 5.74) is 15.1. The summed E-state index contributed by atoms with van der Waals surface area (Å²) in [7, 11) is 0. The summed E-state index contributed by atoms with van der Waals surface area (Å²) >= 11 is 1.87. The summed E-state index contributed by atoms with van der Waals surface area (Å²) in [4.78, 5) is 2.46. The van der Waals surface area contributed by atoms with E-state index in [4.69, 9.17) is 4.42 Å². The molecule has 2 aromatic heterocycles. The number of hydrogen-bond acceptors (Lipinski definition) is 3. The molecule has 0 fully saturated rings. The molecule has 1 spiro atoms. The molecule has 10 aromatic rings. The van der Waals surface area contributed by atoms with Gasteiger partial charge in [-0.3, -0.25) is 0 Å². The maximum Gasteiger partial charge on any atom is 0.143 e. The Balaban J connectivity index is 1.18. The summed E-state index contributed by atoms with van der Waals surface area (Å²) in [6.07, 6.45) is 0. The topological polar surface area (TPSA) is 16.4 Å². The van der Waals surface area contributed by atoms with Crippen LogP contribution in [0.25, 0.3) is 64.4 Å². The zero-order valence-electron chi connectivity index (χ0n) is 28.0.